The highest BCUT2D eigenvalue weighted by molar-refractivity contribution is 4.87. The zero-order valence-electron chi connectivity index (χ0n) is 12.6. The predicted octanol–water partition coefficient (Wildman–Crippen LogP) is 4.62. The van der Waals surface area contributed by atoms with Crippen LogP contribution >= 0.6 is 0 Å². The molecule has 0 aromatic heterocycles. The monoisotopic (exact) mass is 239 g/mol. The van der Waals surface area contributed by atoms with E-state index in [0.29, 0.717) is 6.04 Å². The summed E-state index contributed by atoms with van der Waals surface area (Å²) < 4.78 is 0. The number of nitrogens with one attached hydrogen (secondary N) is 1. The first-order chi connectivity index (χ1) is 7.99. The molecule has 17 heavy (non-hydrogen) atoms. The Bertz CT molecular complexity index is 194. The quantitative estimate of drug-likeness (QED) is 0.619. The van der Waals surface area contributed by atoms with Crippen molar-refractivity contribution in [2.24, 2.45) is 17.8 Å². The first kappa shape index (κ1) is 15.0. The summed E-state index contributed by atoms with van der Waals surface area (Å²) in [5, 5.41) is 3.89. The van der Waals surface area contributed by atoms with E-state index in [1.54, 1.807) is 0 Å². The van der Waals surface area contributed by atoms with Gasteiger partial charge in [-0.15, -0.1) is 0 Å². The van der Waals surface area contributed by atoms with Gasteiger partial charge in [0.2, 0.25) is 0 Å². The molecule has 0 amide bonds. The second-order valence-electron chi connectivity index (χ2n) is 6.95. The van der Waals surface area contributed by atoms with Crippen LogP contribution in [0.25, 0.3) is 0 Å². The van der Waals surface area contributed by atoms with Crippen molar-refractivity contribution < 1.29 is 0 Å². The summed E-state index contributed by atoms with van der Waals surface area (Å²) in [5.74, 6) is 2.69. The zero-order valence-corrected chi connectivity index (χ0v) is 12.6. The van der Waals surface area contributed by atoms with Crippen LogP contribution in [-0.2, 0) is 0 Å². The van der Waals surface area contributed by atoms with E-state index >= 15 is 0 Å². The number of rotatable bonds is 9. The highest BCUT2D eigenvalue weighted by Crippen LogP contribution is 2.35. The third-order valence-electron chi connectivity index (χ3n) is 3.92. The molecule has 1 saturated carbocycles. The van der Waals surface area contributed by atoms with Gasteiger partial charge in [-0.1, -0.05) is 27.7 Å². The Kier molecular flexibility index (Phi) is 6.54. The third kappa shape index (κ3) is 7.08. The second kappa shape index (κ2) is 7.41. The molecule has 0 bridgehead atoms. The lowest BCUT2D eigenvalue weighted by Crippen LogP contribution is -2.38. The van der Waals surface area contributed by atoms with E-state index in [1.165, 1.54) is 38.5 Å². The molecule has 1 N–H and O–H groups in total. The summed E-state index contributed by atoms with van der Waals surface area (Å²) >= 11 is 0. The third-order valence-corrected chi connectivity index (χ3v) is 3.92. The Morgan fingerprint density at radius 1 is 0.824 bits per heavy atom. The average Bonchev–Trinajstić information content (AvgIpc) is 3.04. The van der Waals surface area contributed by atoms with Gasteiger partial charge in [0.15, 0.2) is 0 Å². The molecule has 1 aliphatic rings. The predicted molar refractivity (Wildman–Crippen MR) is 77.3 cm³/mol. The summed E-state index contributed by atoms with van der Waals surface area (Å²) in [7, 11) is 0. The van der Waals surface area contributed by atoms with E-state index < -0.39 is 0 Å². The molecule has 0 saturated heterocycles. The lowest BCUT2D eigenvalue weighted by atomic mass is 9.98. The molecule has 0 heterocycles. The topological polar surface area (TPSA) is 12.0 Å². The van der Waals surface area contributed by atoms with Gasteiger partial charge in [0.25, 0.3) is 0 Å². The highest BCUT2D eigenvalue weighted by atomic mass is 15.0. The fourth-order valence-corrected chi connectivity index (χ4v) is 2.50. The van der Waals surface area contributed by atoms with Crippen LogP contribution in [0.15, 0.2) is 0 Å². The molecule has 1 nitrogen and oxygen atoms in total. The summed E-state index contributed by atoms with van der Waals surface area (Å²) in [6, 6.07) is 1.51. The van der Waals surface area contributed by atoms with Crippen molar-refractivity contribution >= 4 is 0 Å². The van der Waals surface area contributed by atoms with Crippen LogP contribution in [0.4, 0.5) is 0 Å². The van der Waals surface area contributed by atoms with Gasteiger partial charge in [-0.05, 0) is 63.2 Å². The normalized spacial score (nSPS) is 19.9. The van der Waals surface area contributed by atoms with Crippen LogP contribution in [0.1, 0.15) is 73.1 Å². The Hall–Kier alpha value is -0.0400. The van der Waals surface area contributed by atoms with Gasteiger partial charge in [-0.3, -0.25) is 0 Å². The fourth-order valence-electron chi connectivity index (χ4n) is 2.50. The lowest BCUT2D eigenvalue weighted by molar-refractivity contribution is 0.341. The molecule has 1 rings (SSSR count). The number of hydrogen-bond acceptors (Lipinski definition) is 1. The van der Waals surface area contributed by atoms with Crippen molar-refractivity contribution in [1.29, 1.82) is 0 Å². The summed E-state index contributed by atoms with van der Waals surface area (Å²) in [6.07, 6.45) is 8.39. The largest absolute Gasteiger partial charge is 0.311 e. The van der Waals surface area contributed by atoms with Gasteiger partial charge in [0.05, 0.1) is 0 Å². The van der Waals surface area contributed by atoms with E-state index in [0.717, 1.165) is 23.8 Å². The van der Waals surface area contributed by atoms with E-state index in [9.17, 15) is 0 Å². The molecule has 1 aliphatic carbocycles. The summed E-state index contributed by atoms with van der Waals surface area (Å²) in [6.45, 7) is 11.7. The lowest BCUT2D eigenvalue weighted by Gasteiger charge is -2.24. The molecule has 1 fully saturated rings. The van der Waals surface area contributed by atoms with Crippen LogP contribution < -0.4 is 5.32 Å². The molecule has 0 aromatic rings. The van der Waals surface area contributed by atoms with Crippen LogP contribution in [0.2, 0.25) is 0 Å². The highest BCUT2D eigenvalue weighted by Gasteiger charge is 2.31. The van der Waals surface area contributed by atoms with Crippen molar-refractivity contribution in [2.45, 2.75) is 85.2 Å². The maximum absolute atomic E-state index is 3.89. The van der Waals surface area contributed by atoms with Crippen molar-refractivity contribution in [3.8, 4) is 0 Å². The minimum Gasteiger partial charge on any atom is -0.311 e. The molecule has 0 aliphatic heterocycles. The SMILES string of the molecule is CC(C)CCC(C)NC(CCC(C)C)C1CC1. The van der Waals surface area contributed by atoms with E-state index in [-0.39, 0.29) is 0 Å². The van der Waals surface area contributed by atoms with Gasteiger partial charge in [-0.2, -0.15) is 0 Å². The standard InChI is InChI=1S/C16H33N/c1-12(2)6-8-14(5)17-16(15-9-10-15)11-7-13(3)4/h12-17H,6-11H2,1-5H3. The van der Waals surface area contributed by atoms with Crippen molar-refractivity contribution in [1.82, 2.24) is 5.32 Å². The van der Waals surface area contributed by atoms with Crippen molar-refractivity contribution in [3.05, 3.63) is 0 Å². The molecular weight excluding hydrogens is 206 g/mol. The molecule has 2 atom stereocenters. The smallest absolute Gasteiger partial charge is 0.00979 e. The minimum atomic E-state index is 0.704. The molecule has 102 valence electrons. The summed E-state index contributed by atoms with van der Waals surface area (Å²) in [4.78, 5) is 0. The molecule has 2 unspecified atom stereocenters. The van der Waals surface area contributed by atoms with Gasteiger partial charge in [0, 0.05) is 12.1 Å². The molecule has 0 radical (unpaired) electrons. The second-order valence-corrected chi connectivity index (χ2v) is 6.95. The average molecular weight is 239 g/mol. The Morgan fingerprint density at radius 2 is 1.35 bits per heavy atom. The van der Waals surface area contributed by atoms with Crippen LogP contribution in [0, 0.1) is 17.8 Å². The van der Waals surface area contributed by atoms with E-state index in [2.05, 4.69) is 39.9 Å². The van der Waals surface area contributed by atoms with Gasteiger partial charge in [-0.25, -0.2) is 0 Å². The molecule has 0 spiro atoms. The Labute approximate surface area is 109 Å². The van der Waals surface area contributed by atoms with Gasteiger partial charge >= 0.3 is 0 Å². The first-order valence-corrected chi connectivity index (χ1v) is 7.75. The summed E-state index contributed by atoms with van der Waals surface area (Å²) in [5.41, 5.74) is 0. The van der Waals surface area contributed by atoms with Crippen LogP contribution in [0.3, 0.4) is 0 Å². The van der Waals surface area contributed by atoms with Gasteiger partial charge < -0.3 is 5.32 Å². The maximum atomic E-state index is 3.89. The minimum absolute atomic E-state index is 0.704. The Balaban J connectivity index is 2.23. The molecule has 0 aromatic carbocycles. The molecule has 1 heteroatoms. The van der Waals surface area contributed by atoms with Gasteiger partial charge in [0.1, 0.15) is 0 Å². The molecular formula is C16H33N. The maximum Gasteiger partial charge on any atom is 0.00979 e. The van der Waals surface area contributed by atoms with Crippen LogP contribution in [-0.4, -0.2) is 12.1 Å². The van der Waals surface area contributed by atoms with Crippen molar-refractivity contribution in [2.75, 3.05) is 0 Å². The zero-order chi connectivity index (χ0) is 12.8. The fraction of sp³-hybridized carbons (Fsp3) is 1.00. The number of hydrogen-bond donors (Lipinski definition) is 1. The Morgan fingerprint density at radius 3 is 1.82 bits per heavy atom. The first-order valence-electron chi connectivity index (χ1n) is 7.75. The van der Waals surface area contributed by atoms with Crippen LogP contribution in [0.5, 0.6) is 0 Å². The van der Waals surface area contributed by atoms with Crippen molar-refractivity contribution in [3.63, 3.8) is 0 Å². The van der Waals surface area contributed by atoms with E-state index in [4.69, 9.17) is 0 Å². The van der Waals surface area contributed by atoms with E-state index in [1.807, 2.05) is 0 Å².